The third-order valence-electron chi connectivity index (χ3n) is 2.45. The number of rotatable bonds is 3. The van der Waals surface area contributed by atoms with Crippen molar-refractivity contribution >= 4 is 22.9 Å². The molecule has 0 atom stereocenters. The molecule has 4 nitrogen and oxygen atoms in total. The summed E-state index contributed by atoms with van der Waals surface area (Å²) in [7, 11) is 0. The van der Waals surface area contributed by atoms with Gasteiger partial charge < -0.3 is 5.32 Å². The van der Waals surface area contributed by atoms with Crippen LogP contribution in [-0.4, -0.2) is 10.9 Å². The van der Waals surface area contributed by atoms with Crippen molar-refractivity contribution in [3.8, 4) is 16.6 Å². The molecule has 0 saturated carbocycles. The average molecular weight is 311 g/mol. The molecular weight excluding hydrogens is 303 g/mol. The van der Waals surface area contributed by atoms with Crippen molar-refractivity contribution in [2.75, 3.05) is 5.32 Å². The Kier molecular flexibility index (Phi) is 4.23. The molecule has 0 aliphatic rings. The molecule has 108 valence electrons. The number of aromatic nitrogens is 1. The number of carbonyl (C=O) groups is 1. The van der Waals surface area contributed by atoms with E-state index in [9.17, 15) is 18.0 Å². The Hall–Kier alpha value is -2.40. The fraction of sp³-hybridized carbons (Fsp3) is 0.154. The molecule has 1 aromatic heterocycles. The summed E-state index contributed by atoms with van der Waals surface area (Å²) in [5.41, 5.74) is 0.0642. The maximum Gasteiger partial charge on any atom is 0.434 e. The van der Waals surface area contributed by atoms with Crippen molar-refractivity contribution in [3.05, 3.63) is 35.3 Å². The lowest BCUT2D eigenvalue weighted by molar-refractivity contribution is -0.140. The van der Waals surface area contributed by atoms with Crippen LogP contribution in [0.2, 0.25) is 0 Å². The number of anilines is 1. The van der Waals surface area contributed by atoms with E-state index in [1.165, 1.54) is 0 Å². The molecule has 0 aliphatic carbocycles. The molecular formula is C13H8F3N3OS. The van der Waals surface area contributed by atoms with E-state index in [0.29, 0.717) is 11.3 Å². The summed E-state index contributed by atoms with van der Waals surface area (Å²) in [4.78, 5) is 14.7. The molecule has 0 bridgehead atoms. The lowest BCUT2D eigenvalue weighted by Gasteiger charge is -2.03. The Balaban J connectivity index is 2.14. The molecule has 21 heavy (non-hydrogen) atoms. The van der Waals surface area contributed by atoms with Gasteiger partial charge in [-0.2, -0.15) is 18.4 Å². The van der Waals surface area contributed by atoms with Crippen molar-refractivity contribution in [1.82, 2.24) is 4.98 Å². The van der Waals surface area contributed by atoms with Gasteiger partial charge in [-0.05, 0) is 24.3 Å². The number of amides is 1. The Bertz CT molecular complexity index is 686. The molecule has 0 radical (unpaired) electrons. The number of carbonyl (C=O) groups excluding carboxylic acids is 1. The minimum absolute atomic E-state index is 0.247. The number of benzene rings is 1. The van der Waals surface area contributed by atoms with E-state index >= 15 is 0 Å². The topological polar surface area (TPSA) is 65.8 Å². The Labute approximate surface area is 121 Å². The van der Waals surface area contributed by atoms with E-state index in [-0.39, 0.29) is 11.4 Å². The molecule has 0 unspecified atom stereocenters. The molecule has 0 aliphatic heterocycles. The van der Waals surface area contributed by atoms with Crippen LogP contribution in [0.3, 0.4) is 0 Å². The van der Waals surface area contributed by atoms with Gasteiger partial charge in [-0.1, -0.05) is 0 Å². The number of nitriles is 1. The van der Waals surface area contributed by atoms with Gasteiger partial charge in [0.05, 0.1) is 6.07 Å². The standard InChI is InChI=1S/C13H8F3N3OS/c14-13(15,16)10-7-21-12(19-10)8-1-3-9(4-2-8)18-11(20)5-6-17/h1-4,7H,5H2,(H,18,20). The predicted octanol–water partition coefficient (Wildman–Crippen LogP) is 3.68. The highest BCUT2D eigenvalue weighted by atomic mass is 32.1. The number of nitrogens with zero attached hydrogens (tertiary/aromatic N) is 2. The lowest BCUT2D eigenvalue weighted by Crippen LogP contribution is -2.09. The van der Waals surface area contributed by atoms with Crippen LogP contribution in [0.5, 0.6) is 0 Å². The van der Waals surface area contributed by atoms with Gasteiger partial charge in [0, 0.05) is 16.6 Å². The minimum Gasteiger partial charge on any atom is -0.325 e. The molecule has 0 saturated heterocycles. The Morgan fingerprint density at radius 1 is 1.33 bits per heavy atom. The summed E-state index contributed by atoms with van der Waals surface area (Å²) in [5, 5.41) is 12.1. The molecule has 1 N–H and O–H groups in total. The quantitative estimate of drug-likeness (QED) is 0.940. The molecule has 1 heterocycles. The highest BCUT2D eigenvalue weighted by Gasteiger charge is 2.33. The SMILES string of the molecule is N#CCC(=O)Nc1ccc(-c2nc(C(F)(F)F)cs2)cc1. The number of nitrogens with one attached hydrogen (secondary N) is 1. The highest BCUT2D eigenvalue weighted by Crippen LogP contribution is 2.33. The molecule has 0 fully saturated rings. The second-order valence-corrected chi connectivity index (χ2v) is 4.85. The number of hydrogen-bond donors (Lipinski definition) is 1. The Morgan fingerprint density at radius 2 is 2.00 bits per heavy atom. The van der Waals surface area contributed by atoms with Crippen molar-refractivity contribution in [2.45, 2.75) is 12.6 Å². The van der Waals surface area contributed by atoms with Crippen LogP contribution in [0.4, 0.5) is 18.9 Å². The molecule has 8 heteroatoms. The van der Waals surface area contributed by atoms with Crippen molar-refractivity contribution < 1.29 is 18.0 Å². The third kappa shape index (κ3) is 3.79. The van der Waals surface area contributed by atoms with Crippen LogP contribution in [0.15, 0.2) is 29.6 Å². The lowest BCUT2D eigenvalue weighted by atomic mass is 10.2. The third-order valence-corrected chi connectivity index (χ3v) is 3.34. The van der Waals surface area contributed by atoms with Gasteiger partial charge in [0.15, 0.2) is 5.69 Å². The highest BCUT2D eigenvalue weighted by molar-refractivity contribution is 7.13. The van der Waals surface area contributed by atoms with Crippen LogP contribution < -0.4 is 5.32 Å². The molecule has 0 spiro atoms. The van der Waals surface area contributed by atoms with Crippen LogP contribution in [0.1, 0.15) is 12.1 Å². The van der Waals surface area contributed by atoms with E-state index in [1.807, 2.05) is 0 Å². The zero-order valence-corrected chi connectivity index (χ0v) is 11.3. The van der Waals surface area contributed by atoms with Crippen molar-refractivity contribution in [3.63, 3.8) is 0 Å². The number of thiazole rings is 1. The van der Waals surface area contributed by atoms with Gasteiger partial charge in [-0.3, -0.25) is 4.79 Å². The first kappa shape index (κ1) is 15.0. The van der Waals surface area contributed by atoms with Gasteiger partial charge in [-0.15, -0.1) is 11.3 Å². The van der Waals surface area contributed by atoms with Gasteiger partial charge in [0.1, 0.15) is 11.4 Å². The summed E-state index contributed by atoms with van der Waals surface area (Å²) in [6.07, 6.45) is -4.72. The first-order chi connectivity index (χ1) is 9.90. The predicted molar refractivity (Wildman–Crippen MR) is 71.4 cm³/mol. The zero-order chi connectivity index (χ0) is 15.5. The first-order valence-corrected chi connectivity index (χ1v) is 6.58. The zero-order valence-electron chi connectivity index (χ0n) is 10.4. The van der Waals surface area contributed by atoms with Gasteiger partial charge in [0.2, 0.25) is 5.91 Å². The van der Waals surface area contributed by atoms with E-state index in [2.05, 4.69) is 10.3 Å². The van der Waals surface area contributed by atoms with Gasteiger partial charge >= 0.3 is 6.18 Å². The molecule has 1 aromatic carbocycles. The average Bonchev–Trinajstić information content (AvgIpc) is 2.89. The molecule has 2 aromatic rings. The van der Waals surface area contributed by atoms with Crippen molar-refractivity contribution in [1.29, 1.82) is 5.26 Å². The summed E-state index contributed by atoms with van der Waals surface area (Å²) in [5.74, 6) is -0.446. The Morgan fingerprint density at radius 3 is 2.52 bits per heavy atom. The first-order valence-electron chi connectivity index (χ1n) is 5.70. The van der Waals surface area contributed by atoms with E-state index in [4.69, 9.17) is 5.26 Å². The van der Waals surface area contributed by atoms with Crippen LogP contribution in [0, 0.1) is 11.3 Å². The van der Waals surface area contributed by atoms with E-state index in [1.54, 1.807) is 30.3 Å². The van der Waals surface area contributed by atoms with Crippen LogP contribution in [-0.2, 0) is 11.0 Å². The monoisotopic (exact) mass is 311 g/mol. The second kappa shape index (κ2) is 5.93. The molecule has 2 rings (SSSR count). The van der Waals surface area contributed by atoms with Crippen LogP contribution >= 0.6 is 11.3 Å². The van der Waals surface area contributed by atoms with Crippen LogP contribution in [0.25, 0.3) is 10.6 Å². The summed E-state index contributed by atoms with van der Waals surface area (Å²) in [6.45, 7) is 0. The fourth-order valence-corrected chi connectivity index (χ4v) is 2.34. The van der Waals surface area contributed by atoms with Crippen molar-refractivity contribution in [2.24, 2.45) is 0 Å². The van der Waals surface area contributed by atoms with E-state index < -0.39 is 17.8 Å². The number of hydrogen-bond acceptors (Lipinski definition) is 4. The second-order valence-electron chi connectivity index (χ2n) is 4.00. The summed E-state index contributed by atoms with van der Waals surface area (Å²) in [6, 6.07) is 7.91. The fourth-order valence-electron chi connectivity index (χ4n) is 1.51. The minimum atomic E-state index is -4.46. The smallest absolute Gasteiger partial charge is 0.325 e. The normalized spacial score (nSPS) is 11.0. The van der Waals surface area contributed by atoms with Gasteiger partial charge in [0.25, 0.3) is 0 Å². The van der Waals surface area contributed by atoms with E-state index in [0.717, 1.165) is 16.7 Å². The maximum absolute atomic E-state index is 12.5. The maximum atomic E-state index is 12.5. The van der Waals surface area contributed by atoms with Gasteiger partial charge in [-0.25, -0.2) is 4.98 Å². The summed E-state index contributed by atoms with van der Waals surface area (Å²) >= 11 is 0.896. The molecule has 1 amide bonds. The largest absolute Gasteiger partial charge is 0.434 e. The number of alkyl halides is 3. The summed E-state index contributed by atoms with van der Waals surface area (Å²) < 4.78 is 37.4. The number of halogens is 3.